The lowest BCUT2D eigenvalue weighted by atomic mass is 10.1. The Hall–Kier alpha value is -2.75. The average molecular weight is 456 g/mol. The molecule has 158 valence electrons. The Labute approximate surface area is 178 Å². The quantitative estimate of drug-likeness (QED) is 0.521. The van der Waals surface area contributed by atoms with Gasteiger partial charge in [0, 0.05) is 26.2 Å². The molecule has 2 aromatic carbocycles. The van der Waals surface area contributed by atoms with Crippen LogP contribution in [0.4, 0.5) is 8.78 Å². The van der Waals surface area contributed by atoms with Crippen LogP contribution in [-0.2, 0) is 18.0 Å². The monoisotopic (exact) mass is 455 g/mol. The highest BCUT2D eigenvalue weighted by molar-refractivity contribution is 7.21. The standard InChI is InChI=1S/C20H16ClF2NO5S/c1-2-28-20(27)18-11(15-12(21)4-3-9(7-25)17(15)30-18)8-29-16-13(22)5-10(19(24)26)6-14(16)23/h3-6,25H,2,7-8H2,1H3,(H2,24,26). The van der Waals surface area contributed by atoms with Crippen LogP contribution in [0.3, 0.4) is 0 Å². The summed E-state index contributed by atoms with van der Waals surface area (Å²) in [6.45, 7) is 1.05. The van der Waals surface area contributed by atoms with E-state index in [0.717, 1.165) is 23.5 Å². The number of primary amides is 1. The van der Waals surface area contributed by atoms with E-state index in [9.17, 15) is 23.5 Å². The number of hydrogen-bond acceptors (Lipinski definition) is 6. The molecular formula is C20H16ClF2NO5S. The summed E-state index contributed by atoms with van der Waals surface area (Å²) in [5.41, 5.74) is 5.49. The fraction of sp³-hybridized carbons (Fsp3) is 0.200. The second-order valence-electron chi connectivity index (χ2n) is 6.12. The number of thiophene rings is 1. The molecule has 0 aliphatic heterocycles. The van der Waals surface area contributed by atoms with Crippen LogP contribution >= 0.6 is 22.9 Å². The molecule has 10 heteroatoms. The minimum Gasteiger partial charge on any atom is -0.483 e. The molecule has 0 atom stereocenters. The van der Waals surface area contributed by atoms with Gasteiger partial charge in [0.05, 0.1) is 13.2 Å². The Morgan fingerprint density at radius 2 is 1.90 bits per heavy atom. The summed E-state index contributed by atoms with van der Waals surface area (Å²) in [7, 11) is 0. The van der Waals surface area contributed by atoms with Gasteiger partial charge in [0.15, 0.2) is 17.4 Å². The fourth-order valence-electron chi connectivity index (χ4n) is 2.88. The van der Waals surface area contributed by atoms with E-state index in [-0.39, 0.29) is 34.2 Å². The van der Waals surface area contributed by atoms with Crippen molar-refractivity contribution in [3.8, 4) is 5.75 Å². The number of carbonyl (C=O) groups is 2. The molecule has 0 radical (unpaired) electrons. The minimum absolute atomic E-state index is 0.117. The first-order valence-corrected chi connectivity index (χ1v) is 9.90. The Balaban J connectivity index is 2.08. The zero-order valence-electron chi connectivity index (χ0n) is 15.6. The summed E-state index contributed by atoms with van der Waals surface area (Å²) < 4.78 is 39.5. The van der Waals surface area contributed by atoms with Crippen molar-refractivity contribution in [3.05, 3.63) is 62.5 Å². The highest BCUT2D eigenvalue weighted by atomic mass is 35.5. The fourth-order valence-corrected chi connectivity index (χ4v) is 4.44. The van der Waals surface area contributed by atoms with Gasteiger partial charge < -0.3 is 20.3 Å². The second-order valence-corrected chi connectivity index (χ2v) is 7.55. The molecule has 30 heavy (non-hydrogen) atoms. The Morgan fingerprint density at radius 1 is 1.23 bits per heavy atom. The van der Waals surface area contributed by atoms with Crippen molar-refractivity contribution >= 4 is 44.9 Å². The number of hydrogen-bond donors (Lipinski definition) is 2. The van der Waals surface area contributed by atoms with Gasteiger partial charge in [-0.2, -0.15) is 0 Å². The largest absolute Gasteiger partial charge is 0.483 e. The first-order chi connectivity index (χ1) is 14.3. The molecule has 3 aromatic rings. The number of aliphatic hydroxyl groups excluding tert-OH is 1. The molecule has 0 aliphatic carbocycles. The Kier molecular flexibility index (Phi) is 6.55. The number of amides is 1. The predicted octanol–water partition coefficient (Wildman–Crippen LogP) is 4.18. The van der Waals surface area contributed by atoms with Crippen molar-refractivity contribution < 1.29 is 33.0 Å². The summed E-state index contributed by atoms with van der Waals surface area (Å²) in [6, 6.07) is 4.68. The second kappa shape index (κ2) is 8.95. The molecule has 0 saturated carbocycles. The third kappa shape index (κ3) is 4.09. The zero-order valence-corrected chi connectivity index (χ0v) is 17.2. The molecular weight excluding hydrogens is 440 g/mol. The molecule has 0 bridgehead atoms. The highest BCUT2D eigenvalue weighted by Gasteiger charge is 2.24. The van der Waals surface area contributed by atoms with Crippen LogP contribution in [-0.4, -0.2) is 23.6 Å². The maximum atomic E-state index is 14.3. The van der Waals surface area contributed by atoms with Crippen LogP contribution in [0.25, 0.3) is 10.1 Å². The van der Waals surface area contributed by atoms with E-state index in [4.69, 9.17) is 26.8 Å². The van der Waals surface area contributed by atoms with Crippen molar-refractivity contribution in [2.75, 3.05) is 6.61 Å². The van der Waals surface area contributed by atoms with Gasteiger partial charge in [-0.15, -0.1) is 11.3 Å². The summed E-state index contributed by atoms with van der Waals surface area (Å²) in [5.74, 6) is -4.62. The lowest BCUT2D eigenvalue weighted by Gasteiger charge is -2.11. The number of halogens is 3. The first kappa shape index (κ1) is 21.9. The van der Waals surface area contributed by atoms with Crippen LogP contribution in [0.15, 0.2) is 24.3 Å². The Bertz CT molecular complexity index is 1120. The SMILES string of the molecule is CCOC(=O)c1sc2c(CO)ccc(Cl)c2c1COc1c(F)cc(C(N)=O)cc1F. The number of fused-ring (bicyclic) bond motifs is 1. The first-order valence-electron chi connectivity index (χ1n) is 8.70. The molecule has 0 unspecified atom stereocenters. The molecule has 3 rings (SSSR count). The van der Waals surface area contributed by atoms with E-state index in [1.807, 2.05) is 0 Å². The van der Waals surface area contributed by atoms with Crippen molar-refractivity contribution in [1.82, 2.24) is 0 Å². The van der Waals surface area contributed by atoms with E-state index < -0.39 is 35.9 Å². The van der Waals surface area contributed by atoms with Crippen LogP contribution in [0, 0.1) is 11.6 Å². The maximum absolute atomic E-state index is 14.3. The predicted molar refractivity (Wildman–Crippen MR) is 108 cm³/mol. The number of carbonyl (C=O) groups excluding carboxylic acids is 2. The van der Waals surface area contributed by atoms with Gasteiger partial charge in [0.25, 0.3) is 0 Å². The molecule has 0 spiro atoms. The molecule has 6 nitrogen and oxygen atoms in total. The highest BCUT2D eigenvalue weighted by Crippen LogP contribution is 2.39. The van der Waals surface area contributed by atoms with Gasteiger partial charge in [-0.05, 0) is 30.7 Å². The summed E-state index contributed by atoms with van der Waals surface area (Å²) in [5, 5.41) is 10.3. The number of nitrogens with two attached hydrogens (primary N) is 1. The van der Waals surface area contributed by atoms with E-state index in [0.29, 0.717) is 15.6 Å². The third-order valence-corrected chi connectivity index (χ3v) is 5.85. The third-order valence-electron chi connectivity index (χ3n) is 4.24. The maximum Gasteiger partial charge on any atom is 0.348 e. The number of benzene rings is 2. The van der Waals surface area contributed by atoms with E-state index in [1.54, 1.807) is 19.1 Å². The van der Waals surface area contributed by atoms with Gasteiger partial charge in [-0.3, -0.25) is 4.79 Å². The van der Waals surface area contributed by atoms with Gasteiger partial charge in [0.2, 0.25) is 5.91 Å². The van der Waals surface area contributed by atoms with Crippen molar-refractivity contribution in [1.29, 1.82) is 0 Å². The smallest absolute Gasteiger partial charge is 0.348 e. The average Bonchev–Trinajstić information content (AvgIpc) is 3.08. The number of rotatable bonds is 7. The number of aliphatic hydroxyl groups is 1. The molecule has 0 fully saturated rings. The van der Waals surface area contributed by atoms with Crippen LogP contribution in [0.1, 0.15) is 38.1 Å². The number of esters is 1. The molecule has 1 aromatic heterocycles. The van der Waals surface area contributed by atoms with E-state index >= 15 is 0 Å². The van der Waals surface area contributed by atoms with Crippen molar-refractivity contribution in [2.24, 2.45) is 5.73 Å². The zero-order chi connectivity index (χ0) is 22.0. The molecule has 1 heterocycles. The van der Waals surface area contributed by atoms with Crippen molar-refractivity contribution in [3.63, 3.8) is 0 Å². The molecule has 1 amide bonds. The molecule has 0 saturated heterocycles. The van der Waals surface area contributed by atoms with Crippen molar-refractivity contribution in [2.45, 2.75) is 20.1 Å². The van der Waals surface area contributed by atoms with Gasteiger partial charge in [-0.1, -0.05) is 17.7 Å². The van der Waals surface area contributed by atoms with Crippen LogP contribution < -0.4 is 10.5 Å². The normalized spacial score (nSPS) is 11.0. The van der Waals surface area contributed by atoms with Crippen LogP contribution in [0.2, 0.25) is 5.02 Å². The summed E-state index contributed by atoms with van der Waals surface area (Å²) in [4.78, 5) is 23.7. The lowest BCUT2D eigenvalue weighted by molar-refractivity contribution is 0.0529. The topological polar surface area (TPSA) is 98.8 Å². The van der Waals surface area contributed by atoms with Gasteiger partial charge in [0.1, 0.15) is 11.5 Å². The number of ether oxygens (including phenoxy) is 2. The molecule has 0 aliphatic rings. The minimum atomic E-state index is -1.12. The summed E-state index contributed by atoms with van der Waals surface area (Å²) >= 11 is 7.34. The van der Waals surface area contributed by atoms with Crippen LogP contribution in [0.5, 0.6) is 5.75 Å². The Morgan fingerprint density at radius 3 is 2.47 bits per heavy atom. The van der Waals surface area contributed by atoms with Gasteiger partial charge in [-0.25, -0.2) is 13.6 Å². The lowest BCUT2D eigenvalue weighted by Crippen LogP contribution is -2.13. The molecule has 3 N–H and O–H groups in total. The van der Waals surface area contributed by atoms with E-state index in [1.165, 1.54) is 0 Å². The summed E-state index contributed by atoms with van der Waals surface area (Å²) in [6.07, 6.45) is 0. The van der Waals surface area contributed by atoms with Gasteiger partial charge >= 0.3 is 5.97 Å². The van der Waals surface area contributed by atoms with E-state index in [2.05, 4.69) is 0 Å².